The third kappa shape index (κ3) is 2.86. The number of carbonyl (C=O) groups excluding carboxylic acids is 1. The first-order valence-corrected chi connectivity index (χ1v) is 9.07. The van der Waals surface area contributed by atoms with Gasteiger partial charge < -0.3 is 10.4 Å². The number of fused-ring (bicyclic) bond motifs is 1. The largest absolute Gasteiger partial charge is 0.390 e. The van der Waals surface area contributed by atoms with Crippen molar-refractivity contribution in [3.05, 3.63) is 57.3 Å². The van der Waals surface area contributed by atoms with Gasteiger partial charge in [0, 0.05) is 16.2 Å². The lowest BCUT2D eigenvalue weighted by Gasteiger charge is -2.20. The van der Waals surface area contributed by atoms with Crippen LogP contribution in [-0.4, -0.2) is 23.2 Å². The second-order valence-electron chi connectivity index (χ2n) is 6.53. The van der Waals surface area contributed by atoms with Gasteiger partial charge in [-0.2, -0.15) is 0 Å². The standard InChI is InChI=1S/C18H21N3O2S/c1-10-6-7-16(24-10)13-9-14(21-20-13)18(23)19-17-12-5-3-2-4-11(12)8-15(17)22/h2-7,13-15,17,20-22H,8-9H2,1H3,(H,19,23)/t13?,14?,15-,17+/m0/s1. The molecule has 0 radical (unpaired) electrons. The van der Waals surface area contributed by atoms with Gasteiger partial charge in [0.25, 0.3) is 0 Å². The Kier molecular flexibility index (Phi) is 4.14. The second-order valence-corrected chi connectivity index (χ2v) is 7.85. The normalized spacial score (nSPS) is 28.8. The Morgan fingerprint density at radius 1 is 1.25 bits per heavy atom. The van der Waals surface area contributed by atoms with Crippen LogP contribution in [0.3, 0.4) is 0 Å². The van der Waals surface area contributed by atoms with Crippen LogP contribution < -0.4 is 16.2 Å². The average molecular weight is 343 g/mol. The molecular formula is C18H21N3O2S. The van der Waals surface area contributed by atoms with Crippen LogP contribution in [0.5, 0.6) is 0 Å². The molecule has 2 aliphatic rings. The number of carbonyl (C=O) groups is 1. The number of hydrogen-bond donors (Lipinski definition) is 4. The van der Waals surface area contributed by atoms with E-state index in [1.165, 1.54) is 9.75 Å². The average Bonchev–Trinajstić information content (AvgIpc) is 3.27. The SMILES string of the molecule is Cc1ccc(C2CC(C(=O)N[C@@H]3c4ccccc4C[C@@H]3O)NN2)s1. The molecule has 6 heteroatoms. The molecule has 24 heavy (non-hydrogen) atoms. The molecule has 1 fully saturated rings. The zero-order chi connectivity index (χ0) is 16.7. The van der Waals surface area contributed by atoms with E-state index in [0.717, 1.165) is 11.1 Å². The van der Waals surface area contributed by atoms with E-state index in [-0.39, 0.29) is 24.0 Å². The van der Waals surface area contributed by atoms with Crippen LogP contribution in [0.2, 0.25) is 0 Å². The highest BCUT2D eigenvalue weighted by Crippen LogP contribution is 2.32. The van der Waals surface area contributed by atoms with Crippen molar-refractivity contribution in [3.8, 4) is 0 Å². The van der Waals surface area contributed by atoms with E-state index in [4.69, 9.17) is 0 Å². The summed E-state index contributed by atoms with van der Waals surface area (Å²) >= 11 is 1.75. The summed E-state index contributed by atoms with van der Waals surface area (Å²) in [5, 5.41) is 13.3. The van der Waals surface area contributed by atoms with Gasteiger partial charge in [0.1, 0.15) is 6.04 Å². The van der Waals surface area contributed by atoms with Gasteiger partial charge in [-0.25, -0.2) is 10.9 Å². The van der Waals surface area contributed by atoms with Crippen molar-refractivity contribution in [1.82, 2.24) is 16.2 Å². The number of rotatable bonds is 3. The highest BCUT2D eigenvalue weighted by atomic mass is 32.1. The lowest BCUT2D eigenvalue weighted by Crippen LogP contribution is -2.46. The minimum absolute atomic E-state index is 0.0703. The van der Waals surface area contributed by atoms with Gasteiger partial charge in [-0.3, -0.25) is 4.79 Å². The summed E-state index contributed by atoms with van der Waals surface area (Å²) in [5.41, 5.74) is 8.43. The summed E-state index contributed by atoms with van der Waals surface area (Å²) < 4.78 is 0. The van der Waals surface area contributed by atoms with Crippen molar-refractivity contribution in [3.63, 3.8) is 0 Å². The van der Waals surface area contributed by atoms with E-state index in [2.05, 4.69) is 35.2 Å². The predicted octanol–water partition coefficient (Wildman–Crippen LogP) is 1.74. The van der Waals surface area contributed by atoms with Crippen molar-refractivity contribution in [2.45, 2.75) is 44.0 Å². The zero-order valence-electron chi connectivity index (χ0n) is 13.5. The smallest absolute Gasteiger partial charge is 0.239 e. The molecule has 1 aromatic carbocycles. The molecular weight excluding hydrogens is 322 g/mol. The highest BCUT2D eigenvalue weighted by molar-refractivity contribution is 7.12. The Bertz CT molecular complexity index is 760. The Balaban J connectivity index is 1.42. The van der Waals surface area contributed by atoms with Gasteiger partial charge in [-0.15, -0.1) is 11.3 Å². The molecule has 2 unspecified atom stereocenters. The summed E-state index contributed by atoms with van der Waals surface area (Å²) in [5.74, 6) is -0.0703. The molecule has 5 nitrogen and oxygen atoms in total. The van der Waals surface area contributed by atoms with Gasteiger partial charge in [0.2, 0.25) is 5.91 Å². The number of aliphatic hydroxyl groups is 1. The molecule has 1 aromatic heterocycles. The van der Waals surface area contributed by atoms with Gasteiger partial charge in [0.15, 0.2) is 0 Å². The molecule has 0 bridgehead atoms. The molecule has 1 amide bonds. The fourth-order valence-corrected chi connectivity index (χ4v) is 4.50. The van der Waals surface area contributed by atoms with Crippen LogP contribution >= 0.6 is 11.3 Å². The molecule has 126 valence electrons. The molecule has 0 spiro atoms. The Morgan fingerprint density at radius 3 is 2.88 bits per heavy atom. The van der Waals surface area contributed by atoms with E-state index >= 15 is 0 Å². The summed E-state index contributed by atoms with van der Waals surface area (Å²) in [6, 6.07) is 11.6. The monoisotopic (exact) mass is 343 g/mol. The molecule has 4 rings (SSSR count). The number of benzene rings is 1. The Labute approximate surface area is 145 Å². The van der Waals surface area contributed by atoms with Crippen LogP contribution in [0.15, 0.2) is 36.4 Å². The van der Waals surface area contributed by atoms with Crippen LogP contribution in [0.25, 0.3) is 0 Å². The van der Waals surface area contributed by atoms with Gasteiger partial charge in [-0.05, 0) is 36.6 Å². The molecule has 2 aromatic rings. The molecule has 2 heterocycles. The first-order valence-electron chi connectivity index (χ1n) is 8.25. The van der Waals surface area contributed by atoms with Crippen LogP contribution in [0.1, 0.15) is 39.4 Å². The van der Waals surface area contributed by atoms with Gasteiger partial charge in [0.05, 0.1) is 18.2 Å². The zero-order valence-corrected chi connectivity index (χ0v) is 14.3. The fraction of sp³-hybridized carbons (Fsp3) is 0.389. The fourth-order valence-electron chi connectivity index (χ4n) is 3.56. The van der Waals surface area contributed by atoms with Crippen molar-refractivity contribution in [2.75, 3.05) is 0 Å². The quantitative estimate of drug-likeness (QED) is 0.685. The van der Waals surface area contributed by atoms with Crippen LogP contribution in [0, 0.1) is 6.92 Å². The number of aryl methyl sites for hydroxylation is 1. The van der Waals surface area contributed by atoms with Crippen molar-refractivity contribution in [2.24, 2.45) is 0 Å². The lowest BCUT2D eigenvalue weighted by molar-refractivity contribution is -0.124. The maximum absolute atomic E-state index is 12.6. The Morgan fingerprint density at radius 2 is 2.08 bits per heavy atom. The third-order valence-electron chi connectivity index (χ3n) is 4.83. The summed E-state index contributed by atoms with van der Waals surface area (Å²) in [4.78, 5) is 15.1. The number of aliphatic hydroxyl groups excluding tert-OH is 1. The number of nitrogens with one attached hydrogen (secondary N) is 3. The van der Waals surface area contributed by atoms with Crippen LogP contribution in [-0.2, 0) is 11.2 Å². The molecule has 1 aliphatic carbocycles. The first kappa shape index (κ1) is 15.8. The second kappa shape index (κ2) is 6.29. The van der Waals surface area contributed by atoms with E-state index in [1.54, 1.807) is 11.3 Å². The molecule has 4 atom stereocenters. The summed E-state index contributed by atoms with van der Waals surface area (Å²) in [6.45, 7) is 2.08. The molecule has 1 saturated heterocycles. The number of thiophene rings is 1. The lowest BCUT2D eigenvalue weighted by atomic mass is 10.1. The molecule has 0 saturated carbocycles. The highest BCUT2D eigenvalue weighted by Gasteiger charge is 2.36. The maximum atomic E-state index is 12.6. The van der Waals surface area contributed by atoms with E-state index < -0.39 is 6.10 Å². The third-order valence-corrected chi connectivity index (χ3v) is 5.94. The van der Waals surface area contributed by atoms with E-state index in [1.807, 2.05) is 24.3 Å². The number of hydrazine groups is 1. The van der Waals surface area contributed by atoms with Crippen LogP contribution in [0.4, 0.5) is 0 Å². The van der Waals surface area contributed by atoms with Crippen molar-refractivity contribution < 1.29 is 9.90 Å². The molecule has 1 aliphatic heterocycles. The number of amides is 1. The van der Waals surface area contributed by atoms with Crippen molar-refractivity contribution >= 4 is 17.2 Å². The minimum atomic E-state index is -0.559. The van der Waals surface area contributed by atoms with E-state index in [0.29, 0.717) is 12.8 Å². The van der Waals surface area contributed by atoms with Crippen molar-refractivity contribution in [1.29, 1.82) is 0 Å². The summed E-state index contributed by atoms with van der Waals surface area (Å²) in [7, 11) is 0. The maximum Gasteiger partial charge on any atom is 0.239 e. The van der Waals surface area contributed by atoms with E-state index in [9.17, 15) is 9.90 Å². The number of hydrogen-bond acceptors (Lipinski definition) is 5. The topological polar surface area (TPSA) is 73.4 Å². The first-order chi connectivity index (χ1) is 11.6. The van der Waals surface area contributed by atoms with Gasteiger partial charge >= 0.3 is 0 Å². The molecule has 4 N–H and O–H groups in total. The summed E-state index contributed by atoms with van der Waals surface area (Å²) in [6.07, 6.45) is 0.738. The minimum Gasteiger partial charge on any atom is -0.390 e. The Hall–Kier alpha value is -1.73. The van der Waals surface area contributed by atoms with Gasteiger partial charge in [-0.1, -0.05) is 24.3 Å². The predicted molar refractivity (Wildman–Crippen MR) is 93.5 cm³/mol.